The number of carbonyl (C=O) groups is 1. The van der Waals surface area contributed by atoms with Crippen molar-refractivity contribution in [2.24, 2.45) is 7.05 Å². The quantitative estimate of drug-likeness (QED) is 0.358. The summed E-state index contributed by atoms with van der Waals surface area (Å²) in [7, 11) is 3.59. The summed E-state index contributed by atoms with van der Waals surface area (Å²) in [4.78, 5) is 17.6. The Morgan fingerprint density at radius 3 is 2.97 bits per heavy atom. The van der Waals surface area contributed by atoms with Crippen molar-refractivity contribution < 1.29 is 14.6 Å². The molecule has 2 atom stereocenters. The minimum absolute atomic E-state index is 0.274. The van der Waals surface area contributed by atoms with Gasteiger partial charge in [-0.25, -0.2) is 9.67 Å². The molecule has 0 fully saturated rings. The highest BCUT2D eigenvalue weighted by Crippen LogP contribution is 2.28. The Bertz CT molecular complexity index is 1330. The zero-order chi connectivity index (χ0) is 22.4. The van der Waals surface area contributed by atoms with Crippen LogP contribution in [0.15, 0.2) is 24.4 Å². The van der Waals surface area contributed by atoms with Gasteiger partial charge < -0.3 is 25.8 Å². The van der Waals surface area contributed by atoms with Crippen molar-refractivity contribution in [3.8, 4) is 0 Å². The Balaban J connectivity index is 1.73. The number of fused-ring (bicyclic) bond motifs is 5. The third kappa shape index (κ3) is 3.29. The van der Waals surface area contributed by atoms with E-state index in [0.717, 1.165) is 11.1 Å². The fourth-order valence-corrected chi connectivity index (χ4v) is 3.77. The fourth-order valence-electron chi connectivity index (χ4n) is 3.77. The average molecular weight is 437 g/mol. The van der Waals surface area contributed by atoms with Crippen LogP contribution < -0.4 is 16.0 Å². The monoisotopic (exact) mass is 437 g/mol. The van der Waals surface area contributed by atoms with E-state index in [-0.39, 0.29) is 18.8 Å². The van der Waals surface area contributed by atoms with Crippen molar-refractivity contribution in [3.05, 3.63) is 35.5 Å². The molecule has 0 saturated carbocycles. The predicted molar refractivity (Wildman–Crippen MR) is 117 cm³/mol. The van der Waals surface area contributed by atoms with E-state index in [2.05, 4.69) is 36.3 Å². The molecular weight excluding hydrogens is 414 g/mol. The smallest absolute Gasteiger partial charge is 0.257 e. The summed E-state index contributed by atoms with van der Waals surface area (Å²) in [6, 6.07) is 5.07. The van der Waals surface area contributed by atoms with Crippen LogP contribution in [0.1, 0.15) is 22.8 Å². The van der Waals surface area contributed by atoms with E-state index in [0.29, 0.717) is 28.5 Å². The first-order valence-electron chi connectivity index (χ1n) is 10.2. The molecule has 0 spiro atoms. The number of hydrogen-bond acceptors (Lipinski definition) is 9. The Hall–Kier alpha value is -3.77. The van der Waals surface area contributed by atoms with E-state index in [1.807, 2.05) is 26.1 Å². The van der Waals surface area contributed by atoms with Crippen LogP contribution in [0.4, 0.5) is 17.3 Å². The molecule has 5 rings (SSSR count). The molecule has 3 aromatic heterocycles. The standard InChI is InChI=1S/C20H23N9O3/c1-10-14(8-30)24-20(31)12-7-22-29-17(21-2)6-16(25-19(12)29)23-13-4-11(9-32-10)5-15-18(13)26-27-28(15)3/h4-7,10,14,21,30H,8-9H2,1-3H3,(H,23,25)(H,24,31)/t10-,14-/m1/s1. The molecule has 4 bridgehead atoms. The predicted octanol–water partition coefficient (Wildman–Crippen LogP) is 0.806. The van der Waals surface area contributed by atoms with E-state index in [9.17, 15) is 9.90 Å². The zero-order valence-electron chi connectivity index (χ0n) is 17.8. The van der Waals surface area contributed by atoms with Crippen LogP contribution >= 0.6 is 0 Å². The number of rotatable bonds is 2. The van der Waals surface area contributed by atoms with Gasteiger partial charge in [-0.2, -0.15) is 9.61 Å². The van der Waals surface area contributed by atoms with Crippen molar-refractivity contribution in [1.29, 1.82) is 0 Å². The number of aryl methyl sites for hydroxylation is 1. The fraction of sp³-hybridized carbons (Fsp3) is 0.350. The summed E-state index contributed by atoms with van der Waals surface area (Å²) < 4.78 is 9.23. The molecule has 1 aromatic carbocycles. The van der Waals surface area contributed by atoms with Crippen molar-refractivity contribution in [2.75, 3.05) is 24.3 Å². The number of nitrogens with zero attached hydrogens (tertiary/aromatic N) is 6. The summed E-state index contributed by atoms with van der Waals surface area (Å²) in [6.45, 7) is 1.81. The number of benzene rings is 1. The van der Waals surface area contributed by atoms with Crippen LogP contribution in [0, 0.1) is 0 Å². The van der Waals surface area contributed by atoms with Gasteiger partial charge in [0.2, 0.25) is 0 Å². The summed E-state index contributed by atoms with van der Waals surface area (Å²) in [5.74, 6) is 0.754. The van der Waals surface area contributed by atoms with Gasteiger partial charge in [-0.3, -0.25) is 4.79 Å². The van der Waals surface area contributed by atoms with Crippen LogP contribution in [0.2, 0.25) is 0 Å². The van der Waals surface area contributed by atoms with Gasteiger partial charge in [0.1, 0.15) is 22.7 Å². The summed E-state index contributed by atoms with van der Waals surface area (Å²) in [5, 5.41) is 31.8. The molecule has 1 amide bonds. The highest BCUT2D eigenvalue weighted by atomic mass is 16.5. The minimum atomic E-state index is -0.605. The lowest BCUT2D eigenvalue weighted by Crippen LogP contribution is -2.45. The maximum Gasteiger partial charge on any atom is 0.257 e. The maximum atomic E-state index is 13.0. The van der Waals surface area contributed by atoms with Crippen LogP contribution in [-0.4, -0.2) is 66.4 Å². The lowest BCUT2D eigenvalue weighted by atomic mass is 10.1. The third-order valence-electron chi connectivity index (χ3n) is 5.61. The number of amides is 1. The summed E-state index contributed by atoms with van der Waals surface area (Å²) in [6.07, 6.45) is 1.01. The lowest BCUT2D eigenvalue weighted by molar-refractivity contribution is 0.0120. The number of carbonyl (C=O) groups excluding carboxylic acids is 1. The van der Waals surface area contributed by atoms with Crippen LogP contribution in [0.25, 0.3) is 16.7 Å². The molecular formula is C20H23N9O3. The van der Waals surface area contributed by atoms with Crippen LogP contribution in [0.5, 0.6) is 0 Å². The van der Waals surface area contributed by atoms with Gasteiger partial charge in [0.25, 0.3) is 5.91 Å². The van der Waals surface area contributed by atoms with Gasteiger partial charge in [0.15, 0.2) is 5.65 Å². The summed E-state index contributed by atoms with van der Waals surface area (Å²) >= 11 is 0. The zero-order valence-corrected chi connectivity index (χ0v) is 17.8. The highest BCUT2D eigenvalue weighted by Gasteiger charge is 2.24. The van der Waals surface area contributed by atoms with Crippen molar-refractivity contribution in [3.63, 3.8) is 0 Å². The summed E-state index contributed by atoms with van der Waals surface area (Å²) in [5.41, 5.74) is 3.76. The molecule has 32 heavy (non-hydrogen) atoms. The Morgan fingerprint density at radius 2 is 2.19 bits per heavy atom. The number of ether oxygens (including phenoxy) is 1. The highest BCUT2D eigenvalue weighted by molar-refractivity contribution is 6.00. The molecule has 4 heterocycles. The first-order chi connectivity index (χ1) is 15.5. The van der Waals surface area contributed by atoms with Crippen LogP contribution in [-0.2, 0) is 18.4 Å². The number of hydrogen-bond donors (Lipinski definition) is 4. The lowest BCUT2D eigenvalue weighted by Gasteiger charge is -2.24. The molecule has 166 valence electrons. The largest absolute Gasteiger partial charge is 0.394 e. The van der Waals surface area contributed by atoms with Gasteiger partial charge in [-0.1, -0.05) is 5.21 Å². The number of nitrogens with one attached hydrogen (secondary N) is 3. The van der Waals surface area contributed by atoms with Crippen LogP contribution in [0.3, 0.4) is 0 Å². The van der Waals surface area contributed by atoms with Gasteiger partial charge in [0.05, 0.1) is 42.8 Å². The molecule has 1 aliphatic rings. The molecule has 0 saturated heterocycles. The molecule has 4 aromatic rings. The van der Waals surface area contributed by atoms with E-state index < -0.39 is 18.1 Å². The average Bonchev–Trinajstić information content (AvgIpc) is 3.38. The second kappa shape index (κ2) is 7.73. The Kier molecular flexibility index (Phi) is 4.87. The van der Waals surface area contributed by atoms with Crippen molar-refractivity contribution in [2.45, 2.75) is 25.7 Å². The topological polar surface area (TPSA) is 144 Å². The van der Waals surface area contributed by atoms with E-state index >= 15 is 0 Å². The van der Waals surface area contributed by atoms with Gasteiger partial charge in [-0.15, -0.1) is 5.10 Å². The number of aliphatic hydroxyl groups excluding tert-OH is 1. The normalized spacial score (nSPS) is 19.1. The van der Waals surface area contributed by atoms with E-state index in [4.69, 9.17) is 4.74 Å². The van der Waals surface area contributed by atoms with Crippen molar-refractivity contribution >= 4 is 39.9 Å². The van der Waals surface area contributed by atoms with E-state index in [1.165, 1.54) is 6.20 Å². The second-order valence-corrected chi connectivity index (χ2v) is 7.70. The number of aromatic nitrogens is 6. The number of aliphatic hydroxyl groups is 1. The maximum absolute atomic E-state index is 13.0. The SMILES string of the molecule is CNc1cc2nc3c(cnn13)C(=O)N[C@H](CO)[C@@H](C)OCc1cc(c3nnn(C)c3c1)N2. The first kappa shape index (κ1) is 20.2. The molecule has 0 aliphatic carbocycles. The molecule has 4 N–H and O–H groups in total. The molecule has 12 heteroatoms. The first-order valence-corrected chi connectivity index (χ1v) is 10.2. The molecule has 1 aliphatic heterocycles. The molecule has 0 unspecified atom stereocenters. The van der Waals surface area contributed by atoms with Gasteiger partial charge in [-0.05, 0) is 24.6 Å². The minimum Gasteiger partial charge on any atom is -0.394 e. The Labute approximate surface area is 182 Å². The Morgan fingerprint density at radius 1 is 1.34 bits per heavy atom. The molecule has 12 nitrogen and oxygen atoms in total. The number of anilines is 3. The van der Waals surface area contributed by atoms with Gasteiger partial charge in [0, 0.05) is 20.2 Å². The van der Waals surface area contributed by atoms with Crippen molar-refractivity contribution in [1.82, 2.24) is 34.9 Å². The van der Waals surface area contributed by atoms with Gasteiger partial charge >= 0.3 is 0 Å². The second-order valence-electron chi connectivity index (χ2n) is 7.70. The van der Waals surface area contributed by atoms with E-state index in [1.54, 1.807) is 22.3 Å². The molecule has 0 radical (unpaired) electrons. The third-order valence-corrected chi connectivity index (χ3v) is 5.61.